The first-order valence-corrected chi connectivity index (χ1v) is 16.7. The number of imidazole rings is 2. The van der Waals surface area contributed by atoms with Crippen molar-refractivity contribution in [2.24, 2.45) is 14.1 Å². The predicted molar refractivity (Wildman–Crippen MR) is 202 cm³/mol. The van der Waals surface area contributed by atoms with Gasteiger partial charge in [0.1, 0.15) is 29.5 Å². The fourth-order valence-corrected chi connectivity index (χ4v) is 6.74. The summed E-state index contributed by atoms with van der Waals surface area (Å²) >= 11 is 0. The summed E-state index contributed by atoms with van der Waals surface area (Å²) < 4.78 is 3.98. The number of para-hydroxylation sites is 4. The Labute approximate surface area is 339 Å². The van der Waals surface area contributed by atoms with Crippen LogP contribution in [0.3, 0.4) is 0 Å². The van der Waals surface area contributed by atoms with Crippen LogP contribution in [0.15, 0.2) is 128 Å². The smallest absolute Gasteiger partial charge is 0.143 e. The monoisotopic (exact) mass is 1070 g/mol. The second-order valence-electron chi connectivity index (χ2n) is 12.5. The van der Waals surface area contributed by atoms with Gasteiger partial charge in [0.15, 0.2) is 0 Å². The van der Waals surface area contributed by atoms with E-state index in [1.54, 1.807) is 24.3 Å². The topological polar surface area (TPSA) is 115 Å². The Morgan fingerprint density at radius 3 is 1.28 bits per heavy atom. The fourth-order valence-electron chi connectivity index (χ4n) is 6.74. The molecular formula is C43H29N7O2Pt2-2. The standard InChI is InChI=1S/C43H29N7O2.2Pt/c1-49-34-19-9-17-30(38(34)46-42(49)32-15-3-5-21-36(32)51)26-11-7-13-28(23-26)40-44-25-45-41(48-40)29-14-8-12-27(24-29)31-18-10-20-35-39(31)47-43(50(35)2)33-16-4-6-22-37(33)52;;/h3-22,25,51-52H,1-2H3;;/q-2;;. The third-order valence-electron chi connectivity index (χ3n) is 9.34. The fraction of sp³-hybridized carbons (Fsp3) is 0.0465. The molecule has 0 saturated carbocycles. The van der Waals surface area contributed by atoms with Crippen molar-refractivity contribution in [1.82, 2.24) is 34.1 Å². The number of phenolic OH excluding ortho intramolecular Hbond substituents is 2. The van der Waals surface area contributed by atoms with Crippen LogP contribution in [0.4, 0.5) is 0 Å². The van der Waals surface area contributed by atoms with Crippen LogP contribution < -0.4 is 0 Å². The van der Waals surface area contributed by atoms with E-state index in [0.717, 1.165) is 44.3 Å². The largest absolute Gasteiger partial charge is 0.507 e. The molecule has 9 rings (SSSR count). The van der Waals surface area contributed by atoms with Gasteiger partial charge in [0, 0.05) is 56.2 Å². The van der Waals surface area contributed by atoms with Crippen molar-refractivity contribution < 1.29 is 52.3 Å². The van der Waals surface area contributed by atoms with E-state index in [1.165, 1.54) is 6.33 Å². The first-order chi connectivity index (χ1) is 25.4. The second-order valence-corrected chi connectivity index (χ2v) is 12.5. The first kappa shape index (κ1) is 36.6. The molecule has 0 fully saturated rings. The van der Waals surface area contributed by atoms with Crippen LogP contribution in [0, 0.1) is 12.1 Å². The van der Waals surface area contributed by atoms with Crippen LogP contribution in [-0.4, -0.2) is 44.3 Å². The number of aromatic nitrogens is 7. The van der Waals surface area contributed by atoms with E-state index in [4.69, 9.17) is 15.0 Å². The number of nitrogens with zero attached hydrogens (tertiary/aromatic N) is 7. The van der Waals surface area contributed by atoms with Gasteiger partial charge in [-0.2, -0.15) is 0 Å². The summed E-state index contributed by atoms with van der Waals surface area (Å²) in [6.07, 6.45) is 1.51. The quantitative estimate of drug-likeness (QED) is 0.160. The van der Waals surface area contributed by atoms with Gasteiger partial charge < -0.3 is 19.3 Å². The van der Waals surface area contributed by atoms with Crippen molar-refractivity contribution in [3.8, 4) is 79.3 Å². The van der Waals surface area contributed by atoms with Gasteiger partial charge in [-0.1, -0.05) is 70.8 Å². The SMILES string of the molecule is Cn1c(-c2ccccc2O)nc2c(-c3[c-]c(-c4ncnc(-c5[c-]c(-c6cccc7c6nc(-c6ccccc6O)n7C)ccc5)n4)ccc3)cccc21.[Pt].[Pt]. The van der Waals surface area contributed by atoms with Crippen LogP contribution in [0.1, 0.15) is 0 Å². The van der Waals surface area contributed by atoms with Crippen LogP contribution in [0.25, 0.3) is 89.9 Å². The molecule has 0 bridgehead atoms. The normalized spacial score (nSPS) is 11.0. The predicted octanol–water partition coefficient (Wildman–Crippen LogP) is 8.65. The molecule has 54 heavy (non-hydrogen) atoms. The Morgan fingerprint density at radius 1 is 0.444 bits per heavy atom. The summed E-state index contributed by atoms with van der Waals surface area (Å²) in [5, 5.41) is 21.1. The van der Waals surface area contributed by atoms with Crippen molar-refractivity contribution in [3.05, 3.63) is 140 Å². The molecule has 0 aliphatic rings. The van der Waals surface area contributed by atoms with Gasteiger partial charge in [0.25, 0.3) is 0 Å². The van der Waals surface area contributed by atoms with Crippen LogP contribution in [0.2, 0.25) is 0 Å². The van der Waals surface area contributed by atoms with Crippen molar-refractivity contribution in [1.29, 1.82) is 0 Å². The van der Waals surface area contributed by atoms with Crippen molar-refractivity contribution in [2.45, 2.75) is 0 Å². The maximum Gasteiger partial charge on any atom is 0.143 e. The maximum absolute atomic E-state index is 10.5. The zero-order chi connectivity index (χ0) is 35.3. The zero-order valence-corrected chi connectivity index (χ0v) is 33.3. The number of phenols is 2. The molecule has 2 N–H and O–H groups in total. The van der Waals surface area contributed by atoms with Crippen molar-refractivity contribution >= 4 is 22.1 Å². The third-order valence-corrected chi connectivity index (χ3v) is 9.34. The summed E-state index contributed by atoms with van der Waals surface area (Å²) in [6, 6.07) is 45.3. The van der Waals surface area contributed by atoms with Gasteiger partial charge in [0.05, 0.1) is 44.8 Å². The Kier molecular flexibility index (Phi) is 10.1. The molecule has 9 aromatic rings. The van der Waals surface area contributed by atoms with Gasteiger partial charge in [-0.05, 0) is 36.4 Å². The number of rotatable bonds is 6. The number of hydrogen-bond donors (Lipinski definition) is 2. The number of fused-ring (bicyclic) bond motifs is 2. The van der Waals surface area contributed by atoms with Crippen molar-refractivity contribution in [3.63, 3.8) is 0 Å². The molecule has 3 aromatic heterocycles. The Bertz CT molecular complexity index is 2640. The van der Waals surface area contributed by atoms with Gasteiger partial charge >= 0.3 is 0 Å². The summed E-state index contributed by atoms with van der Waals surface area (Å²) in [4.78, 5) is 23.9. The van der Waals surface area contributed by atoms with E-state index in [9.17, 15) is 10.2 Å². The van der Waals surface area contributed by atoms with E-state index in [-0.39, 0.29) is 53.6 Å². The number of aromatic hydroxyl groups is 2. The molecule has 6 aromatic carbocycles. The third kappa shape index (κ3) is 6.34. The van der Waals surface area contributed by atoms with E-state index < -0.39 is 0 Å². The van der Waals surface area contributed by atoms with Gasteiger partial charge in [-0.3, -0.25) is 15.0 Å². The molecule has 3 heterocycles. The first-order valence-electron chi connectivity index (χ1n) is 16.7. The molecule has 0 spiro atoms. The zero-order valence-electron chi connectivity index (χ0n) is 28.8. The molecule has 0 unspecified atom stereocenters. The van der Waals surface area contributed by atoms with Crippen molar-refractivity contribution in [2.75, 3.05) is 0 Å². The molecule has 0 saturated heterocycles. The minimum Gasteiger partial charge on any atom is -0.507 e. The summed E-state index contributed by atoms with van der Waals surface area (Å²) in [6.45, 7) is 0. The van der Waals surface area contributed by atoms with Crippen LogP contribution in [0.5, 0.6) is 11.5 Å². The molecule has 9 nitrogen and oxygen atoms in total. The van der Waals surface area contributed by atoms with E-state index >= 15 is 0 Å². The van der Waals surface area contributed by atoms with E-state index in [0.29, 0.717) is 45.6 Å². The number of aryl methyl sites for hydroxylation is 2. The molecule has 0 atom stereocenters. The number of benzene rings is 6. The average molecular weight is 1070 g/mol. The Balaban J connectivity index is 0.00000225. The van der Waals surface area contributed by atoms with Crippen LogP contribution >= 0.6 is 0 Å². The maximum atomic E-state index is 10.5. The summed E-state index contributed by atoms with van der Waals surface area (Å²) in [5.74, 6) is 2.66. The van der Waals surface area contributed by atoms with Gasteiger partial charge in [0.2, 0.25) is 0 Å². The summed E-state index contributed by atoms with van der Waals surface area (Å²) in [7, 11) is 3.90. The molecule has 0 amide bonds. The Morgan fingerprint density at radius 2 is 0.833 bits per heavy atom. The second kappa shape index (κ2) is 14.9. The molecule has 270 valence electrons. The summed E-state index contributed by atoms with van der Waals surface area (Å²) in [5.41, 5.74) is 9.70. The minimum atomic E-state index is 0. The van der Waals surface area contributed by atoms with E-state index in [1.807, 2.05) is 120 Å². The van der Waals surface area contributed by atoms with Crippen LogP contribution in [-0.2, 0) is 56.2 Å². The van der Waals surface area contributed by atoms with E-state index in [2.05, 4.69) is 22.1 Å². The van der Waals surface area contributed by atoms with Gasteiger partial charge in [-0.15, -0.1) is 59.7 Å². The number of hydrogen-bond acceptors (Lipinski definition) is 7. The molecular weight excluding hydrogens is 1040 g/mol. The molecule has 0 aliphatic heterocycles. The minimum absolute atomic E-state index is 0. The van der Waals surface area contributed by atoms with Gasteiger partial charge in [-0.25, -0.2) is 9.97 Å². The Hall–Kier alpha value is -5.75. The molecule has 11 heteroatoms. The average Bonchev–Trinajstić information content (AvgIpc) is 3.71. The molecule has 0 aliphatic carbocycles. The molecule has 0 radical (unpaired) electrons.